The van der Waals surface area contributed by atoms with Crippen molar-refractivity contribution in [3.8, 4) is 0 Å². The van der Waals surface area contributed by atoms with Gasteiger partial charge >= 0.3 is 0 Å². The smallest absolute Gasteiger partial charge is 0.240 e. The normalized spacial score (nSPS) is 17.6. The predicted octanol–water partition coefficient (Wildman–Crippen LogP) is 1.95. The molecule has 1 N–H and O–H groups in total. The van der Waals surface area contributed by atoms with Gasteiger partial charge in [0.1, 0.15) is 5.76 Å². The molecule has 3 rings (SSSR count). The van der Waals surface area contributed by atoms with Crippen LogP contribution in [0, 0.1) is 0 Å². The van der Waals surface area contributed by atoms with Gasteiger partial charge in [-0.2, -0.15) is 0 Å². The molecule has 1 atom stereocenters. The molecule has 104 valence electrons. The Morgan fingerprint density at radius 3 is 2.85 bits per heavy atom. The Balaban J connectivity index is 1.66. The molecule has 1 aliphatic heterocycles. The van der Waals surface area contributed by atoms with E-state index in [0.717, 1.165) is 18.7 Å². The summed E-state index contributed by atoms with van der Waals surface area (Å²) in [5, 5.41) is 3.31. The van der Waals surface area contributed by atoms with E-state index in [1.807, 2.05) is 31.3 Å². The van der Waals surface area contributed by atoms with Gasteiger partial charge in [0.05, 0.1) is 18.8 Å². The Morgan fingerprint density at radius 2 is 2.10 bits per heavy atom. The van der Waals surface area contributed by atoms with Crippen LogP contribution in [0.4, 0.5) is 0 Å². The number of likely N-dealkylation sites (N-methyl/N-ethyl adjacent to an activating group) is 1. The number of furan rings is 1. The van der Waals surface area contributed by atoms with E-state index in [4.69, 9.17) is 4.42 Å². The first-order valence-electron chi connectivity index (χ1n) is 6.81. The highest BCUT2D eigenvalue weighted by molar-refractivity contribution is 5.82. The van der Waals surface area contributed by atoms with E-state index in [9.17, 15) is 4.79 Å². The number of nitrogens with zero attached hydrogens (tertiary/aromatic N) is 1. The largest absolute Gasteiger partial charge is 0.467 e. The minimum atomic E-state index is -0.148. The molecule has 0 aliphatic carbocycles. The van der Waals surface area contributed by atoms with Crippen molar-refractivity contribution in [2.45, 2.75) is 25.6 Å². The topological polar surface area (TPSA) is 45.5 Å². The molecule has 2 heterocycles. The Hall–Kier alpha value is -2.07. The van der Waals surface area contributed by atoms with Gasteiger partial charge in [-0.05, 0) is 29.7 Å². The van der Waals surface area contributed by atoms with E-state index < -0.39 is 0 Å². The van der Waals surface area contributed by atoms with Crippen LogP contribution in [-0.4, -0.2) is 23.9 Å². The standard InChI is InChI=1S/C16H18N2O2/c1-18(11-14-7-4-8-20-14)16(19)15-9-12-5-2-3-6-13(12)10-17-15/h2-8,15,17H,9-11H2,1H3/t15-/m1/s1. The van der Waals surface area contributed by atoms with Crippen molar-refractivity contribution in [1.29, 1.82) is 0 Å². The van der Waals surface area contributed by atoms with Crippen LogP contribution in [0.2, 0.25) is 0 Å². The monoisotopic (exact) mass is 270 g/mol. The van der Waals surface area contributed by atoms with Gasteiger partial charge in [0.2, 0.25) is 5.91 Å². The van der Waals surface area contributed by atoms with Crippen LogP contribution in [0.3, 0.4) is 0 Å². The van der Waals surface area contributed by atoms with E-state index in [0.29, 0.717) is 6.54 Å². The number of nitrogens with one attached hydrogen (secondary N) is 1. The van der Waals surface area contributed by atoms with Crippen molar-refractivity contribution in [2.24, 2.45) is 0 Å². The molecule has 0 saturated heterocycles. The van der Waals surface area contributed by atoms with Gasteiger partial charge in [0.15, 0.2) is 0 Å². The van der Waals surface area contributed by atoms with Crippen molar-refractivity contribution in [3.63, 3.8) is 0 Å². The number of hydrogen-bond donors (Lipinski definition) is 1. The summed E-state index contributed by atoms with van der Waals surface area (Å²) in [7, 11) is 1.81. The third-order valence-electron chi connectivity index (χ3n) is 3.73. The maximum atomic E-state index is 12.5. The summed E-state index contributed by atoms with van der Waals surface area (Å²) in [6, 6.07) is 11.8. The van der Waals surface area contributed by atoms with Crippen LogP contribution in [-0.2, 0) is 24.3 Å². The Bertz CT molecular complexity index is 592. The van der Waals surface area contributed by atoms with E-state index in [1.54, 1.807) is 11.2 Å². The van der Waals surface area contributed by atoms with Crippen LogP contribution >= 0.6 is 0 Å². The highest BCUT2D eigenvalue weighted by Crippen LogP contribution is 2.17. The number of amides is 1. The number of hydrogen-bond acceptors (Lipinski definition) is 3. The lowest BCUT2D eigenvalue weighted by atomic mass is 9.95. The van der Waals surface area contributed by atoms with Crippen molar-refractivity contribution < 1.29 is 9.21 Å². The molecule has 0 saturated carbocycles. The lowest BCUT2D eigenvalue weighted by Gasteiger charge is -2.28. The first-order valence-corrected chi connectivity index (χ1v) is 6.81. The minimum Gasteiger partial charge on any atom is -0.467 e. The molecule has 0 radical (unpaired) electrons. The SMILES string of the molecule is CN(Cc1ccco1)C(=O)[C@H]1Cc2ccccc2CN1. The summed E-state index contributed by atoms with van der Waals surface area (Å²) < 4.78 is 5.28. The second-order valence-corrected chi connectivity index (χ2v) is 5.18. The Kier molecular flexibility index (Phi) is 3.56. The summed E-state index contributed by atoms with van der Waals surface area (Å²) >= 11 is 0. The molecule has 4 nitrogen and oxygen atoms in total. The average Bonchev–Trinajstić information content (AvgIpc) is 2.99. The lowest BCUT2D eigenvalue weighted by molar-refractivity contribution is -0.133. The Labute approximate surface area is 118 Å². The van der Waals surface area contributed by atoms with Gasteiger partial charge < -0.3 is 14.6 Å². The lowest BCUT2D eigenvalue weighted by Crippen LogP contribution is -2.47. The van der Waals surface area contributed by atoms with Crippen LogP contribution in [0.5, 0.6) is 0 Å². The molecule has 0 spiro atoms. The molecular weight excluding hydrogens is 252 g/mol. The summed E-state index contributed by atoms with van der Waals surface area (Å²) in [6.07, 6.45) is 2.38. The van der Waals surface area contributed by atoms with Crippen LogP contribution in [0.15, 0.2) is 47.1 Å². The van der Waals surface area contributed by atoms with Gasteiger partial charge in [0, 0.05) is 13.6 Å². The molecule has 1 aromatic carbocycles. The summed E-state index contributed by atoms with van der Waals surface area (Å²) in [5.41, 5.74) is 2.54. The van der Waals surface area contributed by atoms with Crippen LogP contribution < -0.4 is 5.32 Å². The van der Waals surface area contributed by atoms with Gasteiger partial charge in [-0.15, -0.1) is 0 Å². The third kappa shape index (κ3) is 2.60. The molecule has 2 aromatic rings. The molecule has 4 heteroatoms. The van der Waals surface area contributed by atoms with E-state index in [2.05, 4.69) is 17.4 Å². The first-order chi connectivity index (χ1) is 9.74. The van der Waals surface area contributed by atoms with Gasteiger partial charge in [-0.25, -0.2) is 0 Å². The number of carbonyl (C=O) groups is 1. The number of benzene rings is 1. The fourth-order valence-electron chi connectivity index (χ4n) is 2.61. The summed E-state index contributed by atoms with van der Waals surface area (Å²) in [4.78, 5) is 14.2. The predicted molar refractivity (Wildman–Crippen MR) is 76.0 cm³/mol. The highest BCUT2D eigenvalue weighted by atomic mass is 16.3. The zero-order chi connectivity index (χ0) is 13.9. The van der Waals surface area contributed by atoms with Crippen molar-refractivity contribution in [3.05, 3.63) is 59.5 Å². The summed E-state index contributed by atoms with van der Waals surface area (Å²) in [6.45, 7) is 1.26. The molecule has 1 amide bonds. The van der Waals surface area contributed by atoms with Gasteiger partial charge in [0.25, 0.3) is 0 Å². The van der Waals surface area contributed by atoms with E-state index in [1.165, 1.54) is 11.1 Å². The van der Waals surface area contributed by atoms with E-state index in [-0.39, 0.29) is 11.9 Å². The van der Waals surface area contributed by atoms with Gasteiger partial charge in [-0.1, -0.05) is 24.3 Å². The fraction of sp³-hybridized carbons (Fsp3) is 0.312. The summed E-state index contributed by atoms with van der Waals surface area (Å²) in [5.74, 6) is 0.910. The number of rotatable bonds is 3. The quantitative estimate of drug-likeness (QED) is 0.927. The van der Waals surface area contributed by atoms with Crippen molar-refractivity contribution in [1.82, 2.24) is 10.2 Å². The van der Waals surface area contributed by atoms with Crippen molar-refractivity contribution >= 4 is 5.91 Å². The van der Waals surface area contributed by atoms with E-state index >= 15 is 0 Å². The second-order valence-electron chi connectivity index (χ2n) is 5.18. The number of carbonyl (C=O) groups excluding carboxylic acids is 1. The number of fused-ring (bicyclic) bond motifs is 1. The first kappa shape index (κ1) is 12.9. The third-order valence-corrected chi connectivity index (χ3v) is 3.73. The minimum absolute atomic E-state index is 0.107. The Morgan fingerprint density at radius 1 is 1.30 bits per heavy atom. The maximum Gasteiger partial charge on any atom is 0.240 e. The molecule has 1 aromatic heterocycles. The molecular formula is C16H18N2O2. The van der Waals surface area contributed by atoms with Crippen LogP contribution in [0.25, 0.3) is 0 Å². The highest BCUT2D eigenvalue weighted by Gasteiger charge is 2.26. The maximum absolute atomic E-state index is 12.5. The van der Waals surface area contributed by atoms with Crippen LogP contribution in [0.1, 0.15) is 16.9 Å². The fourth-order valence-corrected chi connectivity index (χ4v) is 2.61. The molecule has 0 fully saturated rings. The van der Waals surface area contributed by atoms with Gasteiger partial charge in [-0.3, -0.25) is 4.79 Å². The zero-order valence-corrected chi connectivity index (χ0v) is 11.5. The zero-order valence-electron chi connectivity index (χ0n) is 11.5. The molecule has 1 aliphatic rings. The second kappa shape index (κ2) is 5.51. The molecule has 0 unspecified atom stereocenters. The average molecular weight is 270 g/mol. The molecule has 0 bridgehead atoms. The van der Waals surface area contributed by atoms with Crippen molar-refractivity contribution in [2.75, 3.05) is 7.05 Å². The molecule has 20 heavy (non-hydrogen) atoms.